The molecular formula is C18H22FNO. The smallest absolute Gasteiger partial charge is 0.123 e. The first kappa shape index (κ1) is 15.5. The predicted octanol–water partition coefficient (Wildman–Crippen LogP) is 4.03. The molecule has 1 unspecified atom stereocenters. The lowest BCUT2D eigenvalue weighted by Gasteiger charge is -2.29. The van der Waals surface area contributed by atoms with Crippen LogP contribution in [-0.2, 0) is 12.0 Å². The van der Waals surface area contributed by atoms with Crippen molar-refractivity contribution in [3.63, 3.8) is 0 Å². The van der Waals surface area contributed by atoms with Gasteiger partial charge in [-0.3, -0.25) is 0 Å². The number of halogens is 1. The SMILES string of the molecule is CCC(N)(CCc1ccc(OC)cc1)c1cccc(F)c1. The quantitative estimate of drug-likeness (QED) is 0.870. The summed E-state index contributed by atoms with van der Waals surface area (Å²) >= 11 is 0. The third kappa shape index (κ3) is 3.82. The van der Waals surface area contributed by atoms with E-state index in [2.05, 4.69) is 0 Å². The fourth-order valence-corrected chi connectivity index (χ4v) is 2.48. The molecule has 21 heavy (non-hydrogen) atoms. The van der Waals surface area contributed by atoms with Crippen LogP contribution < -0.4 is 10.5 Å². The Labute approximate surface area is 125 Å². The fraction of sp³-hybridized carbons (Fsp3) is 0.333. The first-order valence-electron chi connectivity index (χ1n) is 7.25. The summed E-state index contributed by atoms with van der Waals surface area (Å²) in [7, 11) is 1.65. The van der Waals surface area contributed by atoms with E-state index in [9.17, 15) is 4.39 Å². The third-order valence-electron chi connectivity index (χ3n) is 4.05. The standard InChI is InChI=1S/C18H22FNO/c1-3-18(20,15-5-4-6-16(19)13-15)12-11-14-7-9-17(21-2)10-8-14/h4-10,13H,3,11-12,20H2,1-2H3. The van der Waals surface area contributed by atoms with Crippen LogP contribution in [0.5, 0.6) is 5.75 Å². The second kappa shape index (κ2) is 6.72. The Balaban J connectivity index is 2.10. The van der Waals surface area contributed by atoms with Crippen LogP contribution in [-0.4, -0.2) is 7.11 Å². The Morgan fingerprint density at radius 2 is 1.86 bits per heavy atom. The van der Waals surface area contributed by atoms with Gasteiger partial charge in [0, 0.05) is 5.54 Å². The van der Waals surface area contributed by atoms with E-state index in [4.69, 9.17) is 10.5 Å². The van der Waals surface area contributed by atoms with E-state index < -0.39 is 5.54 Å². The van der Waals surface area contributed by atoms with E-state index in [1.165, 1.54) is 17.7 Å². The van der Waals surface area contributed by atoms with Gasteiger partial charge in [0.2, 0.25) is 0 Å². The monoisotopic (exact) mass is 287 g/mol. The van der Waals surface area contributed by atoms with Crippen LogP contribution in [0.2, 0.25) is 0 Å². The molecular weight excluding hydrogens is 265 g/mol. The van der Waals surface area contributed by atoms with Crippen LogP contribution in [0.25, 0.3) is 0 Å². The Hall–Kier alpha value is -1.87. The average molecular weight is 287 g/mol. The second-order valence-electron chi connectivity index (χ2n) is 5.37. The van der Waals surface area contributed by atoms with Gasteiger partial charge in [0.1, 0.15) is 11.6 Å². The van der Waals surface area contributed by atoms with Crippen LogP contribution in [0.3, 0.4) is 0 Å². The molecule has 0 saturated heterocycles. The first-order chi connectivity index (χ1) is 10.1. The number of hydrogen-bond donors (Lipinski definition) is 1. The van der Waals surface area contributed by atoms with Crippen molar-refractivity contribution in [3.05, 3.63) is 65.5 Å². The minimum atomic E-state index is -0.498. The Bertz CT molecular complexity index is 582. The highest BCUT2D eigenvalue weighted by Gasteiger charge is 2.25. The van der Waals surface area contributed by atoms with Crippen molar-refractivity contribution in [2.75, 3.05) is 7.11 Å². The second-order valence-corrected chi connectivity index (χ2v) is 5.37. The van der Waals surface area contributed by atoms with Crippen LogP contribution >= 0.6 is 0 Å². The number of hydrogen-bond acceptors (Lipinski definition) is 2. The Kier molecular flexibility index (Phi) is 4.97. The Morgan fingerprint density at radius 1 is 1.14 bits per heavy atom. The van der Waals surface area contributed by atoms with Crippen molar-refractivity contribution < 1.29 is 9.13 Å². The van der Waals surface area contributed by atoms with Gasteiger partial charge in [-0.1, -0.05) is 31.2 Å². The van der Waals surface area contributed by atoms with E-state index in [-0.39, 0.29) is 5.82 Å². The lowest BCUT2D eigenvalue weighted by atomic mass is 9.83. The number of nitrogens with two attached hydrogens (primary N) is 1. The maximum atomic E-state index is 13.4. The molecule has 0 amide bonds. The van der Waals surface area contributed by atoms with Gasteiger partial charge >= 0.3 is 0 Å². The zero-order chi connectivity index (χ0) is 15.3. The van der Waals surface area contributed by atoms with Gasteiger partial charge in [-0.25, -0.2) is 4.39 Å². The lowest BCUT2D eigenvalue weighted by molar-refractivity contribution is 0.392. The summed E-state index contributed by atoms with van der Waals surface area (Å²) in [6, 6.07) is 14.6. The molecule has 0 aliphatic heterocycles. The van der Waals surface area contributed by atoms with Gasteiger partial charge in [0.15, 0.2) is 0 Å². The van der Waals surface area contributed by atoms with Crippen molar-refractivity contribution in [1.82, 2.24) is 0 Å². The molecule has 0 fully saturated rings. The molecule has 0 radical (unpaired) electrons. The van der Waals surface area contributed by atoms with Crippen molar-refractivity contribution in [1.29, 1.82) is 0 Å². The maximum absolute atomic E-state index is 13.4. The highest BCUT2D eigenvalue weighted by atomic mass is 19.1. The van der Waals surface area contributed by atoms with Crippen LogP contribution in [0.4, 0.5) is 4.39 Å². The molecule has 2 N–H and O–H groups in total. The molecule has 2 aromatic rings. The van der Waals surface area contributed by atoms with Gasteiger partial charge in [-0.05, 0) is 54.7 Å². The summed E-state index contributed by atoms with van der Waals surface area (Å²) in [6.45, 7) is 2.04. The Morgan fingerprint density at radius 3 is 2.43 bits per heavy atom. The summed E-state index contributed by atoms with van der Waals surface area (Å²) < 4.78 is 18.6. The number of methoxy groups -OCH3 is 1. The van der Waals surface area contributed by atoms with Crippen LogP contribution in [0.15, 0.2) is 48.5 Å². The minimum absolute atomic E-state index is 0.236. The molecule has 0 spiro atoms. The minimum Gasteiger partial charge on any atom is -0.497 e. The first-order valence-corrected chi connectivity index (χ1v) is 7.25. The zero-order valence-electron chi connectivity index (χ0n) is 12.6. The number of aryl methyl sites for hydroxylation is 1. The summed E-state index contributed by atoms with van der Waals surface area (Å²) in [5.41, 5.74) is 8.07. The molecule has 0 aromatic heterocycles. The summed E-state index contributed by atoms with van der Waals surface area (Å²) in [4.78, 5) is 0. The normalized spacial score (nSPS) is 13.7. The largest absolute Gasteiger partial charge is 0.497 e. The molecule has 0 saturated carbocycles. The maximum Gasteiger partial charge on any atom is 0.123 e. The molecule has 3 heteroatoms. The number of ether oxygens (including phenoxy) is 1. The van der Waals surface area contributed by atoms with Gasteiger partial charge in [-0.15, -0.1) is 0 Å². The number of rotatable bonds is 6. The fourth-order valence-electron chi connectivity index (χ4n) is 2.48. The zero-order valence-corrected chi connectivity index (χ0v) is 12.6. The van der Waals surface area contributed by atoms with E-state index in [1.807, 2.05) is 37.3 Å². The summed E-state index contributed by atoms with van der Waals surface area (Å²) in [5, 5.41) is 0. The summed E-state index contributed by atoms with van der Waals surface area (Å²) in [6.07, 6.45) is 2.40. The van der Waals surface area contributed by atoms with Crippen molar-refractivity contribution >= 4 is 0 Å². The highest BCUT2D eigenvalue weighted by molar-refractivity contribution is 5.29. The molecule has 1 atom stereocenters. The van der Waals surface area contributed by atoms with Crippen LogP contribution in [0.1, 0.15) is 30.9 Å². The molecule has 112 valence electrons. The molecule has 0 aliphatic carbocycles. The topological polar surface area (TPSA) is 35.2 Å². The van der Waals surface area contributed by atoms with Gasteiger partial charge < -0.3 is 10.5 Å². The van der Waals surface area contributed by atoms with E-state index >= 15 is 0 Å². The van der Waals surface area contributed by atoms with Gasteiger partial charge in [0.25, 0.3) is 0 Å². The number of benzene rings is 2. The van der Waals surface area contributed by atoms with Gasteiger partial charge in [0.05, 0.1) is 7.11 Å². The van der Waals surface area contributed by atoms with Crippen molar-refractivity contribution in [2.45, 2.75) is 31.7 Å². The molecule has 2 rings (SSSR count). The van der Waals surface area contributed by atoms with Crippen molar-refractivity contribution in [3.8, 4) is 5.75 Å². The van der Waals surface area contributed by atoms with E-state index in [0.717, 1.165) is 30.6 Å². The third-order valence-corrected chi connectivity index (χ3v) is 4.05. The lowest BCUT2D eigenvalue weighted by Crippen LogP contribution is -2.36. The highest BCUT2D eigenvalue weighted by Crippen LogP contribution is 2.28. The molecule has 0 aliphatic rings. The summed E-state index contributed by atoms with van der Waals surface area (Å²) in [5.74, 6) is 0.610. The predicted molar refractivity (Wildman–Crippen MR) is 83.9 cm³/mol. The van der Waals surface area contributed by atoms with Crippen LogP contribution in [0, 0.1) is 5.82 Å². The average Bonchev–Trinajstić information content (AvgIpc) is 2.53. The molecule has 0 heterocycles. The van der Waals surface area contributed by atoms with Crippen molar-refractivity contribution in [2.24, 2.45) is 5.73 Å². The van der Waals surface area contributed by atoms with E-state index in [1.54, 1.807) is 13.2 Å². The molecule has 2 aromatic carbocycles. The molecule has 0 bridgehead atoms. The van der Waals surface area contributed by atoms with E-state index in [0.29, 0.717) is 0 Å². The van der Waals surface area contributed by atoms with Gasteiger partial charge in [-0.2, -0.15) is 0 Å². The molecule has 2 nitrogen and oxygen atoms in total.